The van der Waals surface area contributed by atoms with Gasteiger partial charge < -0.3 is 14.7 Å². The van der Waals surface area contributed by atoms with Gasteiger partial charge in [-0.2, -0.15) is 0 Å². The van der Waals surface area contributed by atoms with Crippen LogP contribution in [0.2, 0.25) is 0 Å². The van der Waals surface area contributed by atoms with E-state index in [1.165, 1.54) is 11.8 Å². The summed E-state index contributed by atoms with van der Waals surface area (Å²) in [6, 6.07) is 8.29. The van der Waals surface area contributed by atoms with Crippen LogP contribution in [0.3, 0.4) is 0 Å². The zero-order valence-electron chi connectivity index (χ0n) is 14.1. The van der Waals surface area contributed by atoms with Crippen molar-refractivity contribution >= 4 is 17.4 Å². The van der Waals surface area contributed by atoms with Crippen molar-refractivity contribution in [3.05, 3.63) is 36.7 Å². The minimum absolute atomic E-state index is 0.131. The van der Waals surface area contributed by atoms with E-state index in [4.69, 9.17) is 4.74 Å². The fourth-order valence-corrected chi connectivity index (χ4v) is 2.91. The fraction of sp³-hybridized carbons (Fsp3) is 0.471. The Labute approximate surface area is 142 Å². The highest BCUT2D eigenvalue weighted by Gasteiger charge is 2.11. The number of benzene rings is 1. The molecule has 23 heavy (non-hydrogen) atoms. The van der Waals surface area contributed by atoms with Gasteiger partial charge in [-0.3, -0.25) is 4.57 Å². The number of rotatable bonds is 8. The van der Waals surface area contributed by atoms with Gasteiger partial charge in [-0.05, 0) is 38.1 Å². The first-order valence-electron chi connectivity index (χ1n) is 7.71. The molecule has 0 aliphatic rings. The van der Waals surface area contributed by atoms with E-state index in [-0.39, 0.29) is 6.10 Å². The lowest BCUT2D eigenvalue weighted by molar-refractivity contribution is 0.0152. The molecule has 1 aromatic carbocycles. The molecule has 0 amide bonds. The number of nitrogens with zero attached hydrogens (tertiary/aromatic N) is 3. The maximum atomic E-state index is 9.97. The van der Waals surface area contributed by atoms with Gasteiger partial charge in [-0.15, -0.1) is 0 Å². The molecule has 2 rings (SSSR count). The Morgan fingerprint density at radius 3 is 2.57 bits per heavy atom. The number of imidazole rings is 1. The Hall–Kier alpha value is -1.50. The molecule has 1 atom stereocenters. The van der Waals surface area contributed by atoms with Gasteiger partial charge in [0.25, 0.3) is 0 Å². The zero-order valence-corrected chi connectivity index (χ0v) is 15.0. The molecule has 0 fully saturated rings. The van der Waals surface area contributed by atoms with Crippen molar-refractivity contribution in [2.45, 2.75) is 31.2 Å². The second-order valence-electron chi connectivity index (χ2n) is 5.84. The third-order valence-corrected chi connectivity index (χ3v) is 4.39. The number of anilines is 1. The molecular weight excluding hydrogens is 310 g/mol. The molecule has 126 valence electrons. The van der Waals surface area contributed by atoms with Crippen LogP contribution in [-0.2, 0) is 4.74 Å². The van der Waals surface area contributed by atoms with E-state index in [0.717, 1.165) is 16.5 Å². The maximum Gasteiger partial charge on any atom is 0.172 e. The lowest BCUT2D eigenvalue weighted by atomic mass is 10.2. The molecule has 6 heteroatoms. The predicted octanol–water partition coefficient (Wildman–Crippen LogP) is 2.82. The number of ether oxygens (including phenoxy) is 1. The highest BCUT2D eigenvalue weighted by molar-refractivity contribution is 7.99. The lowest BCUT2D eigenvalue weighted by Gasteiger charge is -2.15. The van der Waals surface area contributed by atoms with Crippen molar-refractivity contribution in [2.24, 2.45) is 0 Å². The molecule has 0 spiro atoms. The summed E-state index contributed by atoms with van der Waals surface area (Å²) in [6.07, 6.45) is 3.35. The maximum absolute atomic E-state index is 9.97. The fourth-order valence-electron chi connectivity index (χ4n) is 2.03. The van der Waals surface area contributed by atoms with Crippen LogP contribution in [0.4, 0.5) is 5.69 Å². The molecule has 1 unspecified atom stereocenters. The van der Waals surface area contributed by atoms with E-state index >= 15 is 0 Å². The highest BCUT2D eigenvalue weighted by atomic mass is 32.2. The first kappa shape index (κ1) is 17.8. The summed E-state index contributed by atoms with van der Waals surface area (Å²) >= 11 is 1.53. The van der Waals surface area contributed by atoms with Gasteiger partial charge in [0.1, 0.15) is 0 Å². The highest BCUT2D eigenvalue weighted by Crippen LogP contribution is 2.23. The smallest absolute Gasteiger partial charge is 0.172 e. The van der Waals surface area contributed by atoms with E-state index in [2.05, 4.69) is 34.1 Å². The van der Waals surface area contributed by atoms with Crippen LogP contribution in [0.1, 0.15) is 13.8 Å². The minimum atomic E-state index is -0.497. The van der Waals surface area contributed by atoms with E-state index in [9.17, 15) is 5.11 Å². The zero-order chi connectivity index (χ0) is 16.8. The Kier molecular flexibility index (Phi) is 6.50. The van der Waals surface area contributed by atoms with Crippen LogP contribution in [0.5, 0.6) is 0 Å². The molecule has 1 aromatic heterocycles. The first-order valence-corrected chi connectivity index (χ1v) is 8.69. The van der Waals surface area contributed by atoms with Gasteiger partial charge in [0.15, 0.2) is 5.16 Å². The molecule has 5 nitrogen and oxygen atoms in total. The van der Waals surface area contributed by atoms with E-state index < -0.39 is 6.10 Å². The van der Waals surface area contributed by atoms with Crippen LogP contribution in [0.15, 0.2) is 41.8 Å². The molecule has 0 saturated heterocycles. The van der Waals surface area contributed by atoms with Crippen LogP contribution < -0.4 is 4.90 Å². The summed E-state index contributed by atoms with van der Waals surface area (Å²) in [4.78, 5) is 6.45. The average molecular weight is 335 g/mol. The standard InChI is InChI=1S/C17H25N3O2S/c1-13(2)22-11-16(21)12-23-17-18-9-10-20(17)15-7-5-14(6-8-15)19(3)4/h5-10,13,16,21H,11-12H2,1-4H3. The number of thioether (sulfide) groups is 1. The minimum Gasteiger partial charge on any atom is -0.390 e. The second-order valence-corrected chi connectivity index (χ2v) is 6.82. The molecule has 0 saturated carbocycles. The van der Waals surface area contributed by atoms with Crippen molar-refractivity contribution in [3.8, 4) is 5.69 Å². The predicted molar refractivity (Wildman–Crippen MR) is 95.7 cm³/mol. The Morgan fingerprint density at radius 1 is 1.26 bits per heavy atom. The molecule has 0 aliphatic carbocycles. The third kappa shape index (κ3) is 5.27. The average Bonchev–Trinajstić information content (AvgIpc) is 2.99. The van der Waals surface area contributed by atoms with Crippen molar-refractivity contribution in [2.75, 3.05) is 31.4 Å². The van der Waals surface area contributed by atoms with Crippen molar-refractivity contribution in [3.63, 3.8) is 0 Å². The lowest BCUT2D eigenvalue weighted by Crippen LogP contribution is -2.20. The summed E-state index contributed by atoms with van der Waals surface area (Å²) in [5.74, 6) is 0.555. The van der Waals surface area contributed by atoms with Crippen LogP contribution in [0, 0.1) is 0 Å². The second kappa shape index (κ2) is 8.38. The van der Waals surface area contributed by atoms with Gasteiger partial charge in [0.2, 0.25) is 0 Å². The summed E-state index contributed by atoms with van der Waals surface area (Å²) in [6.45, 7) is 4.27. The van der Waals surface area contributed by atoms with Crippen LogP contribution >= 0.6 is 11.8 Å². The van der Waals surface area contributed by atoms with Crippen molar-refractivity contribution < 1.29 is 9.84 Å². The molecule has 1 heterocycles. The molecule has 0 aliphatic heterocycles. The van der Waals surface area contributed by atoms with Gasteiger partial charge >= 0.3 is 0 Å². The quantitative estimate of drug-likeness (QED) is 0.752. The van der Waals surface area contributed by atoms with Crippen LogP contribution in [-0.4, -0.2) is 53.3 Å². The van der Waals surface area contributed by atoms with Gasteiger partial charge in [0.05, 0.1) is 18.8 Å². The molecule has 0 radical (unpaired) electrons. The van der Waals surface area contributed by atoms with E-state index in [1.807, 2.05) is 38.7 Å². The molecular formula is C17H25N3O2S. The number of aromatic nitrogens is 2. The number of aliphatic hydroxyl groups excluding tert-OH is 1. The van der Waals surface area contributed by atoms with Crippen molar-refractivity contribution in [1.29, 1.82) is 0 Å². The third-order valence-electron chi connectivity index (χ3n) is 3.28. The van der Waals surface area contributed by atoms with E-state index in [0.29, 0.717) is 12.4 Å². The van der Waals surface area contributed by atoms with Gasteiger partial charge in [-0.1, -0.05) is 11.8 Å². The number of aliphatic hydroxyl groups is 1. The number of hydrogen-bond donors (Lipinski definition) is 1. The monoisotopic (exact) mass is 335 g/mol. The van der Waals surface area contributed by atoms with Crippen molar-refractivity contribution in [1.82, 2.24) is 9.55 Å². The summed E-state index contributed by atoms with van der Waals surface area (Å²) in [7, 11) is 4.04. The normalized spacial score (nSPS) is 12.6. The summed E-state index contributed by atoms with van der Waals surface area (Å²) < 4.78 is 7.46. The summed E-state index contributed by atoms with van der Waals surface area (Å²) in [5.41, 5.74) is 2.22. The van der Waals surface area contributed by atoms with E-state index in [1.54, 1.807) is 6.20 Å². The summed E-state index contributed by atoms with van der Waals surface area (Å²) in [5, 5.41) is 10.8. The molecule has 0 bridgehead atoms. The Morgan fingerprint density at radius 2 is 1.96 bits per heavy atom. The SMILES string of the molecule is CC(C)OCC(O)CSc1nccn1-c1ccc(N(C)C)cc1. The largest absolute Gasteiger partial charge is 0.390 e. The molecule has 1 N–H and O–H groups in total. The topological polar surface area (TPSA) is 50.5 Å². The molecule has 2 aromatic rings. The van der Waals surface area contributed by atoms with Gasteiger partial charge in [0, 0.05) is 43.6 Å². The first-order chi connectivity index (χ1) is 11.0. The number of hydrogen-bond acceptors (Lipinski definition) is 5. The Balaban J connectivity index is 1.99. The van der Waals surface area contributed by atoms with Gasteiger partial charge in [-0.25, -0.2) is 4.98 Å². The Bertz CT molecular complexity index is 596. The van der Waals surface area contributed by atoms with Crippen LogP contribution in [0.25, 0.3) is 5.69 Å².